The normalized spacial score (nSPS) is 12.2. The van der Waals surface area contributed by atoms with Crippen LogP contribution in [0.4, 0.5) is 0 Å². The summed E-state index contributed by atoms with van der Waals surface area (Å²) >= 11 is 0. The molecule has 0 aliphatic heterocycles. The van der Waals surface area contributed by atoms with E-state index in [1.165, 1.54) is 0 Å². The van der Waals surface area contributed by atoms with Crippen molar-refractivity contribution < 1.29 is 14.7 Å². The Morgan fingerprint density at radius 2 is 1.75 bits per heavy atom. The molecule has 1 amide bonds. The van der Waals surface area contributed by atoms with E-state index in [0.29, 0.717) is 6.42 Å². The summed E-state index contributed by atoms with van der Waals surface area (Å²) in [6.45, 7) is 3.98. The first kappa shape index (κ1) is 16.2. The summed E-state index contributed by atoms with van der Waals surface area (Å²) in [6, 6.07) is 9.29. The molecule has 1 unspecified atom stereocenters. The Hall–Kier alpha value is -1.84. The lowest BCUT2D eigenvalue weighted by molar-refractivity contribution is -0.137. The van der Waals surface area contributed by atoms with Crippen LogP contribution in [-0.2, 0) is 9.59 Å². The zero-order chi connectivity index (χ0) is 15.0. The highest BCUT2D eigenvalue weighted by atomic mass is 16.4. The van der Waals surface area contributed by atoms with Gasteiger partial charge in [-0.25, -0.2) is 0 Å². The second kappa shape index (κ2) is 8.35. The average molecular weight is 277 g/mol. The first-order valence-electron chi connectivity index (χ1n) is 7.15. The van der Waals surface area contributed by atoms with Crippen LogP contribution in [0.25, 0.3) is 0 Å². The third kappa shape index (κ3) is 5.03. The number of carboxylic acids is 1. The van der Waals surface area contributed by atoms with E-state index in [1.54, 1.807) is 0 Å². The third-order valence-electron chi connectivity index (χ3n) is 3.52. The van der Waals surface area contributed by atoms with Crippen molar-refractivity contribution in [3.8, 4) is 0 Å². The molecule has 1 aromatic rings. The number of carbonyl (C=O) groups is 2. The Bertz CT molecular complexity index is 427. The second-order valence-electron chi connectivity index (χ2n) is 4.92. The number of carboxylic acid groups (broad SMARTS) is 1. The number of rotatable bonds is 8. The molecule has 0 aliphatic rings. The lowest BCUT2D eigenvalue weighted by atomic mass is 9.98. The van der Waals surface area contributed by atoms with Crippen molar-refractivity contribution in [2.75, 3.05) is 0 Å². The van der Waals surface area contributed by atoms with Crippen LogP contribution in [0.2, 0.25) is 0 Å². The number of nitrogens with one attached hydrogen (secondary N) is 1. The number of hydrogen-bond acceptors (Lipinski definition) is 2. The monoisotopic (exact) mass is 277 g/mol. The van der Waals surface area contributed by atoms with Gasteiger partial charge in [0.2, 0.25) is 5.91 Å². The number of amides is 1. The number of hydrogen-bond donors (Lipinski definition) is 2. The maximum absolute atomic E-state index is 12.2. The lowest BCUT2D eigenvalue weighted by Crippen LogP contribution is -2.34. The van der Waals surface area contributed by atoms with Gasteiger partial charge in [-0.3, -0.25) is 9.59 Å². The van der Waals surface area contributed by atoms with E-state index in [2.05, 4.69) is 5.32 Å². The minimum atomic E-state index is -0.845. The molecule has 0 radical (unpaired) electrons. The van der Waals surface area contributed by atoms with Gasteiger partial charge in [0.1, 0.15) is 0 Å². The Morgan fingerprint density at radius 1 is 1.15 bits per heavy atom. The van der Waals surface area contributed by atoms with E-state index in [4.69, 9.17) is 5.11 Å². The van der Waals surface area contributed by atoms with Gasteiger partial charge in [-0.2, -0.15) is 0 Å². The third-order valence-corrected chi connectivity index (χ3v) is 3.52. The zero-order valence-electron chi connectivity index (χ0n) is 12.1. The van der Waals surface area contributed by atoms with E-state index >= 15 is 0 Å². The minimum absolute atomic E-state index is 0.00830. The Kier molecular flexibility index (Phi) is 6.77. The molecule has 110 valence electrons. The molecule has 0 fully saturated rings. The number of carbonyl (C=O) groups excluding carboxylic acids is 1. The fourth-order valence-electron chi connectivity index (χ4n) is 2.22. The van der Waals surface area contributed by atoms with Crippen molar-refractivity contribution in [3.63, 3.8) is 0 Å². The maximum atomic E-state index is 12.2. The highest BCUT2D eigenvalue weighted by molar-refractivity contribution is 5.79. The highest BCUT2D eigenvalue weighted by Gasteiger charge is 2.20. The molecule has 4 heteroatoms. The highest BCUT2D eigenvalue weighted by Crippen LogP contribution is 2.20. The van der Waals surface area contributed by atoms with E-state index in [1.807, 2.05) is 44.2 Å². The lowest BCUT2D eigenvalue weighted by Gasteiger charge is -2.21. The Labute approximate surface area is 120 Å². The van der Waals surface area contributed by atoms with E-state index in [0.717, 1.165) is 18.4 Å². The molecular weight excluding hydrogens is 254 g/mol. The fraction of sp³-hybridized carbons (Fsp3) is 0.500. The van der Waals surface area contributed by atoms with Gasteiger partial charge < -0.3 is 10.4 Å². The Morgan fingerprint density at radius 3 is 2.25 bits per heavy atom. The van der Waals surface area contributed by atoms with Gasteiger partial charge in [0.05, 0.1) is 6.04 Å². The number of benzene rings is 1. The van der Waals surface area contributed by atoms with Crippen molar-refractivity contribution in [2.45, 2.75) is 45.6 Å². The minimum Gasteiger partial charge on any atom is -0.481 e. The van der Waals surface area contributed by atoms with Gasteiger partial charge in [0, 0.05) is 12.3 Å². The summed E-state index contributed by atoms with van der Waals surface area (Å²) in [4.78, 5) is 22.9. The molecule has 2 N–H and O–H groups in total. The average Bonchev–Trinajstić information content (AvgIpc) is 2.45. The van der Waals surface area contributed by atoms with Crippen LogP contribution in [0.1, 0.15) is 51.1 Å². The van der Waals surface area contributed by atoms with E-state index < -0.39 is 5.97 Å². The van der Waals surface area contributed by atoms with Crippen LogP contribution in [0.3, 0.4) is 0 Å². The molecule has 4 nitrogen and oxygen atoms in total. The first-order valence-corrected chi connectivity index (χ1v) is 7.15. The van der Waals surface area contributed by atoms with Gasteiger partial charge in [0.15, 0.2) is 0 Å². The summed E-state index contributed by atoms with van der Waals surface area (Å²) in [5.41, 5.74) is 0.952. The van der Waals surface area contributed by atoms with Gasteiger partial charge >= 0.3 is 5.97 Å². The van der Waals surface area contributed by atoms with Crippen molar-refractivity contribution in [2.24, 2.45) is 5.92 Å². The molecule has 1 aromatic carbocycles. The molecule has 1 rings (SSSR count). The van der Waals surface area contributed by atoms with Crippen LogP contribution in [0.5, 0.6) is 0 Å². The zero-order valence-corrected chi connectivity index (χ0v) is 12.1. The van der Waals surface area contributed by atoms with Crippen LogP contribution >= 0.6 is 0 Å². The van der Waals surface area contributed by atoms with Crippen molar-refractivity contribution in [3.05, 3.63) is 35.9 Å². The fourth-order valence-corrected chi connectivity index (χ4v) is 2.22. The molecule has 0 aliphatic carbocycles. The summed E-state index contributed by atoms with van der Waals surface area (Å²) in [5.74, 6) is -0.844. The molecule has 20 heavy (non-hydrogen) atoms. The van der Waals surface area contributed by atoms with E-state index in [9.17, 15) is 9.59 Å². The van der Waals surface area contributed by atoms with Crippen LogP contribution in [0, 0.1) is 5.92 Å². The van der Waals surface area contributed by atoms with Gasteiger partial charge in [0.25, 0.3) is 0 Å². The summed E-state index contributed by atoms with van der Waals surface area (Å²) in [6.07, 6.45) is 2.04. The molecule has 0 saturated carbocycles. The van der Waals surface area contributed by atoms with Gasteiger partial charge in [-0.05, 0) is 24.8 Å². The molecule has 0 aromatic heterocycles. The van der Waals surface area contributed by atoms with Gasteiger partial charge in [-0.15, -0.1) is 0 Å². The Balaban J connectivity index is 2.77. The van der Waals surface area contributed by atoms with Crippen LogP contribution in [0.15, 0.2) is 30.3 Å². The number of aliphatic carboxylic acids is 1. The molecule has 0 spiro atoms. The van der Waals surface area contributed by atoms with Crippen LogP contribution in [-0.4, -0.2) is 17.0 Å². The first-order chi connectivity index (χ1) is 9.58. The molecule has 0 bridgehead atoms. The van der Waals surface area contributed by atoms with Crippen molar-refractivity contribution >= 4 is 11.9 Å². The standard InChI is InChI=1S/C16H23NO3/c1-3-12(4-2)16(20)17-14(10-11-15(18)19)13-8-6-5-7-9-13/h5-9,12,14H,3-4,10-11H2,1-2H3,(H,17,20)(H,18,19). The second-order valence-corrected chi connectivity index (χ2v) is 4.92. The summed E-state index contributed by atoms with van der Waals surface area (Å²) in [7, 11) is 0. The quantitative estimate of drug-likeness (QED) is 0.767. The maximum Gasteiger partial charge on any atom is 0.303 e. The topological polar surface area (TPSA) is 66.4 Å². The summed E-state index contributed by atoms with van der Waals surface area (Å²) < 4.78 is 0. The largest absolute Gasteiger partial charge is 0.481 e. The summed E-state index contributed by atoms with van der Waals surface area (Å²) in [5, 5.41) is 11.8. The predicted molar refractivity (Wildman–Crippen MR) is 78.3 cm³/mol. The molecule has 1 atom stereocenters. The van der Waals surface area contributed by atoms with Crippen molar-refractivity contribution in [1.29, 1.82) is 0 Å². The molecule has 0 heterocycles. The molecule has 0 saturated heterocycles. The SMILES string of the molecule is CCC(CC)C(=O)NC(CCC(=O)O)c1ccccc1. The van der Waals surface area contributed by atoms with Crippen molar-refractivity contribution in [1.82, 2.24) is 5.32 Å². The van der Waals surface area contributed by atoms with Gasteiger partial charge in [-0.1, -0.05) is 44.2 Å². The van der Waals surface area contributed by atoms with Crippen LogP contribution < -0.4 is 5.32 Å². The molecular formula is C16H23NO3. The smallest absolute Gasteiger partial charge is 0.303 e. The van der Waals surface area contributed by atoms with E-state index in [-0.39, 0.29) is 24.3 Å². The predicted octanol–water partition coefficient (Wildman–Crippen LogP) is 3.14.